The number of benzene rings is 1. The van der Waals surface area contributed by atoms with Crippen molar-refractivity contribution in [1.29, 1.82) is 0 Å². The number of rotatable bonds is 4. The summed E-state index contributed by atoms with van der Waals surface area (Å²) in [5, 5.41) is 3.51. The van der Waals surface area contributed by atoms with Crippen LogP contribution in [0.3, 0.4) is 0 Å². The lowest BCUT2D eigenvalue weighted by Crippen LogP contribution is -2.47. The standard InChI is InChI=1S/C25H31N5OS/c1-28-9-7-19-8-10-30(21(19)15-28)24-23-20(18-5-3-2-4-6-18)17-32-25(23)27-22(26-24)16-29-11-13-31-14-12-29/h2-6,17,19,21H,7-16H2,1H3/t19-,21+/m0/s1. The Kier molecular flexibility index (Phi) is 5.59. The van der Waals surface area contributed by atoms with Crippen LogP contribution < -0.4 is 4.90 Å². The predicted octanol–water partition coefficient (Wildman–Crippen LogP) is 3.72. The van der Waals surface area contributed by atoms with E-state index in [4.69, 9.17) is 14.7 Å². The molecule has 0 aliphatic carbocycles. The molecule has 2 aromatic heterocycles. The zero-order valence-corrected chi connectivity index (χ0v) is 19.6. The van der Waals surface area contributed by atoms with Gasteiger partial charge in [-0.1, -0.05) is 30.3 Å². The molecular formula is C25H31N5OS. The normalized spacial score (nSPS) is 24.8. The molecule has 3 fully saturated rings. The van der Waals surface area contributed by atoms with Crippen LogP contribution in [0.1, 0.15) is 18.7 Å². The summed E-state index contributed by atoms with van der Waals surface area (Å²) in [5.41, 5.74) is 2.52. The van der Waals surface area contributed by atoms with Gasteiger partial charge in [-0.2, -0.15) is 0 Å². The van der Waals surface area contributed by atoms with Gasteiger partial charge in [0.25, 0.3) is 0 Å². The van der Waals surface area contributed by atoms with Gasteiger partial charge >= 0.3 is 0 Å². The molecule has 2 atom stereocenters. The number of aromatic nitrogens is 2. The van der Waals surface area contributed by atoms with Crippen LogP contribution >= 0.6 is 11.3 Å². The molecule has 0 radical (unpaired) electrons. The van der Waals surface area contributed by atoms with Crippen LogP contribution in [0, 0.1) is 5.92 Å². The van der Waals surface area contributed by atoms with Gasteiger partial charge < -0.3 is 14.5 Å². The number of likely N-dealkylation sites (tertiary alicyclic amines) is 1. The fourth-order valence-corrected chi connectivity index (χ4v) is 6.56. The number of piperidine rings is 1. The van der Waals surface area contributed by atoms with Gasteiger partial charge in [-0.15, -0.1) is 11.3 Å². The largest absolute Gasteiger partial charge is 0.379 e. The maximum absolute atomic E-state index is 5.54. The molecule has 5 heterocycles. The average Bonchev–Trinajstić information content (AvgIpc) is 3.44. The van der Waals surface area contributed by atoms with Crippen molar-refractivity contribution in [2.45, 2.75) is 25.4 Å². The van der Waals surface area contributed by atoms with Gasteiger partial charge in [-0.25, -0.2) is 9.97 Å². The van der Waals surface area contributed by atoms with Crippen molar-refractivity contribution < 1.29 is 4.74 Å². The fourth-order valence-electron chi connectivity index (χ4n) is 5.60. The Morgan fingerprint density at radius 2 is 1.84 bits per heavy atom. The van der Waals surface area contributed by atoms with Crippen molar-refractivity contribution in [3.8, 4) is 11.1 Å². The minimum Gasteiger partial charge on any atom is -0.379 e. The lowest BCUT2D eigenvalue weighted by molar-refractivity contribution is 0.0331. The first-order chi connectivity index (χ1) is 15.8. The van der Waals surface area contributed by atoms with E-state index < -0.39 is 0 Å². The minimum absolute atomic E-state index is 0.548. The van der Waals surface area contributed by atoms with E-state index in [-0.39, 0.29) is 0 Å². The summed E-state index contributed by atoms with van der Waals surface area (Å²) in [7, 11) is 2.26. The zero-order chi connectivity index (χ0) is 21.5. The number of nitrogens with zero attached hydrogens (tertiary/aromatic N) is 5. The van der Waals surface area contributed by atoms with Crippen molar-refractivity contribution in [2.75, 3.05) is 57.9 Å². The maximum atomic E-state index is 5.54. The first-order valence-corrected chi connectivity index (χ1v) is 12.7. The Morgan fingerprint density at radius 1 is 1.03 bits per heavy atom. The van der Waals surface area contributed by atoms with Crippen LogP contribution in [0.25, 0.3) is 21.3 Å². The molecule has 168 valence electrons. The van der Waals surface area contributed by atoms with Crippen molar-refractivity contribution in [2.24, 2.45) is 5.92 Å². The Morgan fingerprint density at radius 3 is 2.69 bits per heavy atom. The highest BCUT2D eigenvalue weighted by atomic mass is 32.1. The van der Waals surface area contributed by atoms with Crippen LogP contribution in [0.15, 0.2) is 35.7 Å². The summed E-state index contributed by atoms with van der Waals surface area (Å²) >= 11 is 1.76. The highest BCUT2D eigenvalue weighted by molar-refractivity contribution is 7.17. The van der Waals surface area contributed by atoms with Crippen LogP contribution in [0.4, 0.5) is 5.82 Å². The molecule has 3 aliphatic heterocycles. The minimum atomic E-state index is 0.548. The van der Waals surface area contributed by atoms with E-state index in [9.17, 15) is 0 Å². The van der Waals surface area contributed by atoms with E-state index in [1.165, 1.54) is 35.9 Å². The summed E-state index contributed by atoms with van der Waals surface area (Å²) in [6, 6.07) is 11.3. The number of thiophene rings is 1. The summed E-state index contributed by atoms with van der Waals surface area (Å²) in [6.07, 6.45) is 2.56. The molecular weight excluding hydrogens is 418 g/mol. The third kappa shape index (κ3) is 3.81. The summed E-state index contributed by atoms with van der Waals surface area (Å²) < 4.78 is 5.54. The first-order valence-electron chi connectivity index (χ1n) is 11.8. The van der Waals surface area contributed by atoms with E-state index >= 15 is 0 Å². The smallest absolute Gasteiger partial charge is 0.146 e. The second kappa shape index (κ2) is 8.71. The Bertz CT molecular complexity index is 1080. The van der Waals surface area contributed by atoms with Crippen molar-refractivity contribution in [1.82, 2.24) is 19.8 Å². The van der Waals surface area contributed by atoms with Gasteiger partial charge in [-0.3, -0.25) is 4.90 Å². The fraction of sp³-hybridized carbons (Fsp3) is 0.520. The number of fused-ring (bicyclic) bond motifs is 2. The summed E-state index contributed by atoms with van der Waals surface area (Å²) in [6.45, 7) is 7.74. The van der Waals surface area contributed by atoms with Crippen LogP contribution in [0.5, 0.6) is 0 Å². The lowest BCUT2D eigenvalue weighted by atomic mass is 9.92. The van der Waals surface area contributed by atoms with Gasteiger partial charge in [0, 0.05) is 43.2 Å². The Labute approximate surface area is 193 Å². The SMILES string of the molecule is CN1CC[C@H]2CCN(c3nc(CN4CCOCC4)nc4scc(-c5ccccc5)c34)[C@@H]2C1. The van der Waals surface area contributed by atoms with Gasteiger partial charge in [0.15, 0.2) is 0 Å². The van der Waals surface area contributed by atoms with Crippen molar-refractivity contribution in [3.63, 3.8) is 0 Å². The lowest BCUT2D eigenvalue weighted by Gasteiger charge is -2.37. The molecule has 32 heavy (non-hydrogen) atoms. The highest BCUT2D eigenvalue weighted by Gasteiger charge is 2.39. The molecule has 3 saturated heterocycles. The van der Waals surface area contributed by atoms with Crippen LogP contribution in [-0.2, 0) is 11.3 Å². The molecule has 6 nitrogen and oxygen atoms in total. The molecule has 7 heteroatoms. The molecule has 3 aliphatic rings. The average molecular weight is 450 g/mol. The Balaban J connectivity index is 1.45. The molecule has 3 aromatic rings. The number of hydrogen-bond donors (Lipinski definition) is 0. The number of anilines is 1. The molecule has 0 bridgehead atoms. The predicted molar refractivity (Wildman–Crippen MR) is 130 cm³/mol. The van der Waals surface area contributed by atoms with Crippen LogP contribution in [-0.4, -0.2) is 78.8 Å². The number of hydrogen-bond acceptors (Lipinski definition) is 7. The quantitative estimate of drug-likeness (QED) is 0.605. The van der Waals surface area contributed by atoms with E-state index in [1.807, 2.05) is 0 Å². The van der Waals surface area contributed by atoms with Crippen LogP contribution in [0.2, 0.25) is 0 Å². The van der Waals surface area contributed by atoms with E-state index in [0.29, 0.717) is 6.04 Å². The highest BCUT2D eigenvalue weighted by Crippen LogP contribution is 2.42. The molecule has 0 spiro atoms. The first kappa shape index (κ1) is 20.5. The van der Waals surface area contributed by atoms with Gasteiger partial charge in [0.1, 0.15) is 16.5 Å². The van der Waals surface area contributed by atoms with Crippen molar-refractivity contribution >= 4 is 27.4 Å². The molecule has 0 saturated carbocycles. The number of morpholine rings is 1. The summed E-state index contributed by atoms with van der Waals surface area (Å²) in [4.78, 5) is 19.0. The third-order valence-corrected chi connectivity index (χ3v) is 8.22. The Hall–Kier alpha value is -2.06. The van der Waals surface area contributed by atoms with Gasteiger partial charge in [-0.05, 0) is 37.9 Å². The zero-order valence-electron chi connectivity index (χ0n) is 18.7. The topological polar surface area (TPSA) is 44.7 Å². The second-order valence-electron chi connectivity index (χ2n) is 9.41. The van der Waals surface area contributed by atoms with Gasteiger partial charge in [0.05, 0.1) is 25.1 Å². The van der Waals surface area contributed by atoms with E-state index in [1.54, 1.807) is 11.3 Å². The molecule has 0 amide bonds. The van der Waals surface area contributed by atoms with Gasteiger partial charge in [0.2, 0.25) is 0 Å². The van der Waals surface area contributed by atoms with E-state index in [0.717, 1.165) is 68.3 Å². The molecule has 6 rings (SSSR count). The molecule has 0 N–H and O–H groups in total. The maximum Gasteiger partial charge on any atom is 0.146 e. The molecule has 0 unspecified atom stereocenters. The van der Waals surface area contributed by atoms with Crippen molar-refractivity contribution in [3.05, 3.63) is 41.5 Å². The second-order valence-corrected chi connectivity index (χ2v) is 10.3. The monoisotopic (exact) mass is 449 g/mol. The van der Waals surface area contributed by atoms with E-state index in [2.05, 4.69) is 57.5 Å². The third-order valence-electron chi connectivity index (χ3n) is 7.35. The molecule has 1 aromatic carbocycles. The number of likely N-dealkylation sites (N-methyl/N-ethyl adjacent to an activating group) is 1. The number of ether oxygens (including phenoxy) is 1. The summed E-state index contributed by atoms with van der Waals surface area (Å²) in [5.74, 6) is 2.88.